The molecular formula is C6H4BrClF2OS. The van der Waals surface area contributed by atoms with Gasteiger partial charge < -0.3 is 5.11 Å². The molecule has 1 unspecified atom stereocenters. The van der Waals surface area contributed by atoms with Crippen LogP contribution in [0.4, 0.5) is 8.78 Å². The van der Waals surface area contributed by atoms with Crippen LogP contribution in [0.25, 0.3) is 0 Å². The van der Waals surface area contributed by atoms with Crippen LogP contribution in [0.5, 0.6) is 0 Å². The van der Waals surface area contributed by atoms with Crippen LogP contribution in [0.15, 0.2) is 9.85 Å². The lowest BCUT2D eigenvalue weighted by Gasteiger charge is -2.04. The van der Waals surface area contributed by atoms with Gasteiger partial charge in [-0.05, 0) is 22.0 Å². The molecule has 1 rings (SSSR count). The molecule has 0 saturated heterocycles. The summed E-state index contributed by atoms with van der Waals surface area (Å²) in [7, 11) is 0. The van der Waals surface area contributed by atoms with Gasteiger partial charge in [0, 0.05) is 4.88 Å². The lowest BCUT2D eigenvalue weighted by molar-refractivity contribution is -0.00369. The van der Waals surface area contributed by atoms with Gasteiger partial charge in [-0.1, -0.05) is 11.6 Å². The van der Waals surface area contributed by atoms with Crippen molar-refractivity contribution in [3.05, 3.63) is 19.8 Å². The van der Waals surface area contributed by atoms with Gasteiger partial charge in [0.25, 0.3) is 6.43 Å². The number of rotatable bonds is 2. The van der Waals surface area contributed by atoms with Crippen LogP contribution in [-0.4, -0.2) is 11.5 Å². The molecule has 0 saturated carbocycles. The fourth-order valence-corrected chi connectivity index (χ4v) is 2.37. The summed E-state index contributed by atoms with van der Waals surface area (Å²) < 4.78 is 24.5. The van der Waals surface area contributed by atoms with Gasteiger partial charge in [-0.25, -0.2) is 8.78 Å². The van der Waals surface area contributed by atoms with Crippen molar-refractivity contribution in [2.45, 2.75) is 12.5 Å². The summed E-state index contributed by atoms with van der Waals surface area (Å²) in [5, 5.41) is 9.26. The Bertz CT molecular complexity index is 259. The molecule has 1 N–H and O–H groups in total. The summed E-state index contributed by atoms with van der Waals surface area (Å²) in [4.78, 5) is 0.168. The number of alkyl halides is 2. The number of thiophene rings is 1. The first kappa shape index (κ1) is 10.4. The van der Waals surface area contributed by atoms with Crippen LogP contribution in [-0.2, 0) is 0 Å². The SMILES string of the molecule is OC(c1cc(Cl)c(Br)s1)C(F)F. The molecule has 0 bridgehead atoms. The van der Waals surface area contributed by atoms with E-state index in [1.165, 1.54) is 6.07 Å². The van der Waals surface area contributed by atoms with E-state index in [4.69, 9.17) is 16.7 Å². The second-order valence-electron chi connectivity index (χ2n) is 2.05. The summed E-state index contributed by atoms with van der Waals surface area (Å²) in [5.41, 5.74) is 0. The van der Waals surface area contributed by atoms with Crippen molar-refractivity contribution in [2.75, 3.05) is 0 Å². The van der Waals surface area contributed by atoms with E-state index in [0.29, 0.717) is 8.81 Å². The van der Waals surface area contributed by atoms with Crippen LogP contribution in [0.2, 0.25) is 5.02 Å². The molecule has 0 fully saturated rings. The van der Waals surface area contributed by atoms with E-state index in [9.17, 15) is 8.78 Å². The molecule has 0 aromatic carbocycles. The summed E-state index contributed by atoms with van der Waals surface area (Å²) in [6.07, 6.45) is -4.51. The van der Waals surface area contributed by atoms with E-state index in [0.717, 1.165) is 11.3 Å². The fourth-order valence-electron chi connectivity index (χ4n) is 0.633. The quantitative estimate of drug-likeness (QED) is 0.878. The van der Waals surface area contributed by atoms with Gasteiger partial charge in [0.15, 0.2) is 0 Å². The van der Waals surface area contributed by atoms with Gasteiger partial charge in [-0.15, -0.1) is 11.3 Å². The molecule has 1 nitrogen and oxygen atoms in total. The highest BCUT2D eigenvalue weighted by molar-refractivity contribution is 9.11. The summed E-state index contributed by atoms with van der Waals surface area (Å²) in [6, 6.07) is 1.33. The molecule has 1 aromatic heterocycles. The maximum atomic E-state index is 12.0. The van der Waals surface area contributed by atoms with Gasteiger partial charge >= 0.3 is 0 Å². The molecule has 0 spiro atoms. The van der Waals surface area contributed by atoms with E-state index in [-0.39, 0.29) is 4.88 Å². The zero-order valence-electron chi connectivity index (χ0n) is 5.60. The highest BCUT2D eigenvalue weighted by atomic mass is 79.9. The van der Waals surface area contributed by atoms with Crippen LogP contribution in [0.3, 0.4) is 0 Å². The topological polar surface area (TPSA) is 20.2 Å². The first-order valence-electron chi connectivity index (χ1n) is 2.93. The molecule has 0 amide bonds. The predicted octanol–water partition coefficient (Wildman–Crippen LogP) is 3.46. The second kappa shape index (κ2) is 4.00. The van der Waals surface area contributed by atoms with Crippen molar-refractivity contribution in [3.8, 4) is 0 Å². The van der Waals surface area contributed by atoms with E-state index >= 15 is 0 Å². The molecule has 12 heavy (non-hydrogen) atoms. The van der Waals surface area contributed by atoms with E-state index in [1.54, 1.807) is 0 Å². The number of aliphatic hydroxyl groups excluding tert-OH is 1. The van der Waals surface area contributed by atoms with Gasteiger partial charge in [0.05, 0.1) is 8.81 Å². The Morgan fingerprint density at radius 1 is 1.58 bits per heavy atom. The first-order chi connectivity index (χ1) is 5.52. The Morgan fingerprint density at radius 3 is 2.50 bits per heavy atom. The molecule has 0 radical (unpaired) electrons. The average Bonchev–Trinajstić information content (AvgIpc) is 2.30. The van der Waals surface area contributed by atoms with Gasteiger partial charge in [0.2, 0.25) is 0 Å². The van der Waals surface area contributed by atoms with Crippen molar-refractivity contribution in [3.63, 3.8) is 0 Å². The Morgan fingerprint density at radius 2 is 2.17 bits per heavy atom. The van der Waals surface area contributed by atoms with E-state index in [1.807, 2.05) is 0 Å². The maximum absolute atomic E-state index is 12.0. The normalized spacial score (nSPS) is 13.8. The third-order valence-electron chi connectivity index (χ3n) is 1.19. The largest absolute Gasteiger partial charge is 0.382 e. The Kier molecular flexibility index (Phi) is 3.46. The number of halogens is 4. The molecule has 0 aliphatic heterocycles. The van der Waals surface area contributed by atoms with Gasteiger partial charge in [0.1, 0.15) is 6.10 Å². The molecule has 1 atom stereocenters. The number of hydrogen-bond donors (Lipinski definition) is 1. The highest BCUT2D eigenvalue weighted by Gasteiger charge is 2.21. The minimum atomic E-state index is -2.77. The Hall–Kier alpha value is 0.290. The zero-order valence-corrected chi connectivity index (χ0v) is 8.76. The molecule has 1 aromatic rings. The van der Waals surface area contributed by atoms with Crippen LogP contribution < -0.4 is 0 Å². The second-order valence-corrected chi connectivity index (χ2v) is 4.86. The van der Waals surface area contributed by atoms with Crippen molar-refractivity contribution in [1.29, 1.82) is 0 Å². The Balaban J connectivity index is 2.89. The number of aliphatic hydroxyl groups is 1. The molecule has 68 valence electrons. The van der Waals surface area contributed by atoms with Crippen molar-refractivity contribution >= 4 is 38.9 Å². The smallest absolute Gasteiger partial charge is 0.269 e. The van der Waals surface area contributed by atoms with Crippen molar-refractivity contribution in [2.24, 2.45) is 0 Å². The maximum Gasteiger partial charge on any atom is 0.269 e. The highest BCUT2D eigenvalue weighted by Crippen LogP contribution is 2.36. The molecule has 1 heterocycles. The molecule has 6 heteroatoms. The lowest BCUT2D eigenvalue weighted by Crippen LogP contribution is -2.05. The predicted molar refractivity (Wildman–Crippen MR) is 48.0 cm³/mol. The zero-order chi connectivity index (χ0) is 9.30. The van der Waals surface area contributed by atoms with Gasteiger partial charge in [-0.2, -0.15) is 0 Å². The van der Waals surface area contributed by atoms with Crippen LogP contribution >= 0.6 is 38.9 Å². The van der Waals surface area contributed by atoms with E-state index in [2.05, 4.69) is 15.9 Å². The average molecular weight is 278 g/mol. The van der Waals surface area contributed by atoms with Gasteiger partial charge in [-0.3, -0.25) is 0 Å². The monoisotopic (exact) mass is 276 g/mol. The lowest BCUT2D eigenvalue weighted by atomic mass is 10.3. The molecule has 0 aliphatic carbocycles. The Labute approximate surface area is 85.1 Å². The summed E-state index contributed by atoms with van der Waals surface area (Å²) >= 11 is 9.66. The molecule has 0 aliphatic rings. The van der Waals surface area contributed by atoms with Crippen LogP contribution in [0, 0.1) is 0 Å². The minimum absolute atomic E-state index is 0.168. The molecular weight excluding hydrogens is 273 g/mol. The summed E-state index contributed by atoms with van der Waals surface area (Å²) in [5.74, 6) is 0. The van der Waals surface area contributed by atoms with Crippen LogP contribution in [0.1, 0.15) is 11.0 Å². The fraction of sp³-hybridized carbons (Fsp3) is 0.333. The standard InChI is InChI=1S/C6H4BrClF2OS/c7-5-2(8)1-3(12-5)4(11)6(9)10/h1,4,6,11H. The summed E-state index contributed by atoms with van der Waals surface area (Å²) in [6.45, 7) is 0. The number of hydrogen-bond acceptors (Lipinski definition) is 2. The van der Waals surface area contributed by atoms with Crippen molar-refractivity contribution in [1.82, 2.24) is 0 Å². The van der Waals surface area contributed by atoms with E-state index < -0.39 is 12.5 Å². The van der Waals surface area contributed by atoms with Crippen molar-refractivity contribution < 1.29 is 13.9 Å². The minimum Gasteiger partial charge on any atom is -0.382 e. The third kappa shape index (κ3) is 2.16. The first-order valence-corrected chi connectivity index (χ1v) is 4.92. The third-order valence-corrected chi connectivity index (χ3v) is 3.74.